The first-order chi connectivity index (χ1) is 7.27. The van der Waals surface area contributed by atoms with Crippen molar-refractivity contribution < 1.29 is 0 Å². The molecule has 0 amide bonds. The highest BCUT2D eigenvalue weighted by Crippen LogP contribution is 2.14. The van der Waals surface area contributed by atoms with Crippen molar-refractivity contribution in [1.82, 2.24) is 14.5 Å². The second kappa shape index (κ2) is 7.46. The largest absolute Gasteiger partial charge is 0.337 e. The number of fused-ring (bicyclic) bond motifs is 1. The van der Waals surface area contributed by atoms with Gasteiger partial charge in [0.25, 0.3) is 0 Å². The molecule has 3 heteroatoms. The van der Waals surface area contributed by atoms with Crippen LogP contribution in [-0.4, -0.2) is 28.0 Å². The minimum Gasteiger partial charge on any atom is -0.337 e. The summed E-state index contributed by atoms with van der Waals surface area (Å²) in [5, 5.41) is 0. The average Bonchev–Trinajstić information content (AvgIpc) is 2.65. The third-order valence-corrected chi connectivity index (χ3v) is 2.30. The van der Waals surface area contributed by atoms with Crippen LogP contribution in [0.3, 0.4) is 0 Å². The molecule has 0 aliphatic carbocycles. The summed E-state index contributed by atoms with van der Waals surface area (Å²) in [7, 11) is 4.20. The highest BCUT2D eigenvalue weighted by Gasteiger charge is 2.16. The third kappa shape index (κ3) is 3.67. The number of rotatable bonds is 0. The van der Waals surface area contributed by atoms with E-state index in [-0.39, 0.29) is 0 Å². The molecule has 0 saturated heterocycles. The Morgan fingerprint density at radius 2 is 1.73 bits per heavy atom. The molecular formula is C12H25N3. The van der Waals surface area contributed by atoms with Gasteiger partial charge in [0.2, 0.25) is 0 Å². The summed E-state index contributed by atoms with van der Waals surface area (Å²) in [5.74, 6) is 0. The topological polar surface area (TPSA) is 21.1 Å². The van der Waals surface area contributed by atoms with E-state index in [0.717, 1.165) is 19.5 Å². The fraction of sp³-hybridized carbons (Fsp3) is 0.750. The van der Waals surface area contributed by atoms with Crippen LogP contribution >= 0.6 is 0 Å². The number of aryl methyl sites for hydroxylation is 1. The van der Waals surface area contributed by atoms with E-state index in [4.69, 9.17) is 0 Å². The summed E-state index contributed by atoms with van der Waals surface area (Å²) in [6.07, 6.45) is 3.05. The molecule has 0 bridgehead atoms. The molecule has 0 saturated carbocycles. The minimum absolute atomic E-state index is 1.01. The van der Waals surface area contributed by atoms with Gasteiger partial charge >= 0.3 is 0 Å². The van der Waals surface area contributed by atoms with Crippen LogP contribution in [0, 0.1) is 0 Å². The third-order valence-electron chi connectivity index (χ3n) is 2.30. The molecule has 0 unspecified atom stereocenters. The SMILES string of the molecule is CC.CC.CN1CCc2c(ncn2C)C1. The maximum absolute atomic E-state index is 4.33. The van der Waals surface area contributed by atoms with Crippen LogP contribution in [-0.2, 0) is 20.0 Å². The van der Waals surface area contributed by atoms with E-state index in [0.29, 0.717) is 0 Å². The Bertz CT molecular complexity index is 266. The summed E-state index contributed by atoms with van der Waals surface area (Å²) in [6.45, 7) is 10.2. The molecule has 3 nitrogen and oxygen atoms in total. The zero-order valence-electron chi connectivity index (χ0n) is 11.0. The number of nitrogens with zero attached hydrogens (tertiary/aromatic N) is 3. The number of hydrogen-bond acceptors (Lipinski definition) is 2. The van der Waals surface area contributed by atoms with E-state index in [1.54, 1.807) is 0 Å². The molecule has 2 rings (SSSR count). The molecule has 2 heterocycles. The molecule has 15 heavy (non-hydrogen) atoms. The first-order valence-corrected chi connectivity index (χ1v) is 5.95. The van der Waals surface area contributed by atoms with Crippen LogP contribution in [0.4, 0.5) is 0 Å². The van der Waals surface area contributed by atoms with Crippen LogP contribution in [0.25, 0.3) is 0 Å². The molecule has 0 fully saturated rings. The van der Waals surface area contributed by atoms with Crippen LogP contribution < -0.4 is 0 Å². The van der Waals surface area contributed by atoms with E-state index in [2.05, 4.69) is 28.5 Å². The second-order valence-electron chi connectivity index (χ2n) is 3.24. The lowest BCUT2D eigenvalue weighted by Crippen LogP contribution is -2.27. The van der Waals surface area contributed by atoms with Crippen molar-refractivity contribution >= 4 is 0 Å². The van der Waals surface area contributed by atoms with Crippen molar-refractivity contribution in [3.8, 4) is 0 Å². The summed E-state index contributed by atoms with van der Waals surface area (Å²) in [5.41, 5.74) is 2.66. The fourth-order valence-electron chi connectivity index (χ4n) is 1.59. The first-order valence-electron chi connectivity index (χ1n) is 5.95. The molecule has 0 atom stereocenters. The standard InChI is InChI=1S/C8H13N3.2C2H6/c1-10-4-3-8-7(5-10)9-6-11(8)2;2*1-2/h6H,3-5H2,1-2H3;2*1-2H3. The normalized spacial score (nSPS) is 14.3. The molecule has 88 valence electrons. The lowest BCUT2D eigenvalue weighted by atomic mass is 10.1. The molecule has 1 aliphatic heterocycles. The lowest BCUT2D eigenvalue weighted by molar-refractivity contribution is 0.305. The van der Waals surface area contributed by atoms with Gasteiger partial charge in [0.05, 0.1) is 12.0 Å². The van der Waals surface area contributed by atoms with E-state index in [1.165, 1.54) is 11.4 Å². The summed E-state index contributed by atoms with van der Waals surface area (Å²) in [6, 6.07) is 0. The van der Waals surface area contributed by atoms with Crippen molar-refractivity contribution in [3.63, 3.8) is 0 Å². The van der Waals surface area contributed by atoms with Gasteiger partial charge in [-0.2, -0.15) is 0 Å². The predicted molar refractivity (Wildman–Crippen MR) is 65.9 cm³/mol. The molecule has 1 aromatic rings. The van der Waals surface area contributed by atoms with Gasteiger partial charge in [-0.25, -0.2) is 4.98 Å². The van der Waals surface area contributed by atoms with Crippen molar-refractivity contribution in [1.29, 1.82) is 0 Å². The van der Waals surface area contributed by atoms with Crippen LogP contribution in [0.1, 0.15) is 39.1 Å². The van der Waals surface area contributed by atoms with Gasteiger partial charge in [-0.3, -0.25) is 0 Å². The number of hydrogen-bond donors (Lipinski definition) is 0. The molecule has 0 radical (unpaired) electrons. The monoisotopic (exact) mass is 211 g/mol. The smallest absolute Gasteiger partial charge is 0.0949 e. The van der Waals surface area contributed by atoms with E-state index >= 15 is 0 Å². The maximum atomic E-state index is 4.33. The van der Waals surface area contributed by atoms with Gasteiger partial charge in [-0.15, -0.1) is 0 Å². The van der Waals surface area contributed by atoms with Crippen LogP contribution in [0.5, 0.6) is 0 Å². The Labute approximate surface area is 94.1 Å². The highest BCUT2D eigenvalue weighted by molar-refractivity contribution is 5.15. The van der Waals surface area contributed by atoms with Crippen molar-refractivity contribution in [2.75, 3.05) is 13.6 Å². The molecule has 0 aromatic carbocycles. The Balaban J connectivity index is 0.000000442. The fourth-order valence-corrected chi connectivity index (χ4v) is 1.59. The second-order valence-corrected chi connectivity index (χ2v) is 3.24. The zero-order valence-corrected chi connectivity index (χ0v) is 11.0. The summed E-state index contributed by atoms with van der Waals surface area (Å²) >= 11 is 0. The van der Waals surface area contributed by atoms with Gasteiger partial charge in [0, 0.05) is 32.3 Å². The summed E-state index contributed by atoms with van der Waals surface area (Å²) in [4.78, 5) is 6.63. The molecular weight excluding hydrogens is 186 g/mol. The van der Waals surface area contributed by atoms with Gasteiger partial charge in [-0.05, 0) is 7.05 Å². The Hall–Kier alpha value is -0.830. The Kier molecular flexibility index (Phi) is 7.05. The molecule has 0 spiro atoms. The Morgan fingerprint density at radius 3 is 2.33 bits per heavy atom. The van der Waals surface area contributed by atoms with Crippen molar-refractivity contribution in [3.05, 3.63) is 17.7 Å². The molecule has 1 aromatic heterocycles. The molecule has 1 aliphatic rings. The van der Waals surface area contributed by atoms with Crippen LogP contribution in [0.15, 0.2) is 6.33 Å². The van der Waals surface area contributed by atoms with Gasteiger partial charge in [0.1, 0.15) is 0 Å². The zero-order chi connectivity index (χ0) is 11.8. The highest BCUT2D eigenvalue weighted by atomic mass is 15.1. The lowest BCUT2D eigenvalue weighted by Gasteiger charge is -2.21. The first kappa shape index (κ1) is 14.2. The average molecular weight is 211 g/mol. The minimum atomic E-state index is 1.01. The maximum Gasteiger partial charge on any atom is 0.0949 e. The van der Waals surface area contributed by atoms with Gasteiger partial charge < -0.3 is 9.47 Å². The van der Waals surface area contributed by atoms with Crippen molar-refractivity contribution in [2.24, 2.45) is 7.05 Å². The molecule has 0 N–H and O–H groups in total. The van der Waals surface area contributed by atoms with Crippen LogP contribution in [0.2, 0.25) is 0 Å². The summed E-state index contributed by atoms with van der Waals surface area (Å²) < 4.78 is 2.13. The number of likely N-dealkylation sites (N-methyl/N-ethyl adjacent to an activating group) is 1. The Morgan fingerprint density at radius 1 is 1.13 bits per heavy atom. The number of imidazole rings is 1. The van der Waals surface area contributed by atoms with Crippen molar-refractivity contribution in [2.45, 2.75) is 40.7 Å². The number of aromatic nitrogens is 2. The van der Waals surface area contributed by atoms with Gasteiger partial charge in [0.15, 0.2) is 0 Å². The van der Waals surface area contributed by atoms with E-state index in [9.17, 15) is 0 Å². The quantitative estimate of drug-likeness (QED) is 0.657. The predicted octanol–water partition coefficient (Wildman–Crippen LogP) is 2.46. The van der Waals surface area contributed by atoms with Gasteiger partial charge in [-0.1, -0.05) is 27.7 Å². The van der Waals surface area contributed by atoms with E-state index in [1.807, 2.05) is 34.0 Å². The van der Waals surface area contributed by atoms with E-state index < -0.39 is 0 Å².